The Labute approximate surface area is 146 Å². The molecular formula is C21H22N2O2. The van der Waals surface area contributed by atoms with Crippen molar-refractivity contribution in [1.29, 1.82) is 0 Å². The van der Waals surface area contributed by atoms with Crippen molar-refractivity contribution < 1.29 is 10.2 Å². The summed E-state index contributed by atoms with van der Waals surface area (Å²) in [6.45, 7) is 0.470. The van der Waals surface area contributed by atoms with Crippen molar-refractivity contribution in [2.45, 2.75) is 12.6 Å². The summed E-state index contributed by atoms with van der Waals surface area (Å²) in [5, 5.41) is 26.6. The number of aromatic nitrogens is 1. The Kier molecular flexibility index (Phi) is 4.17. The van der Waals surface area contributed by atoms with E-state index >= 15 is 0 Å². The van der Waals surface area contributed by atoms with E-state index in [0.717, 1.165) is 5.56 Å². The molecule has 128 valence electrons. The molecule has 0 bridgehead atoms. The van der Waals surface area contributed by atoms with Gasteiger partial charge in [0.05, 0.1) is 19.3 Å². The second-order valence-corrected chi connectivity index (χ2v) is 6.53. The lowest BCUT2D eigenvalue weighted by atomic mass is 10.0. The van der Waals surface area contributed by atoms with Crippen molar-refractivity contribution in [3.05, 3.63) is 60.2 Å². The molecule has 1 heterocycles. The molecule has 0 spiro atoms. The van der Waals surface area contributed by atoms with Gasteiger partial charge in [-0.15, -0.1) is 0 Å². The molecule has 4 rings (SSSR count). The number of aryl methyl sites for hydroxylation is 1. The van der Waals surface area contributed by atoms with Crippen LogP contribution in [0.3, 0.4) is 0 Å². The number of fused-ring (bicyclic) bond motifs is 5. The summed E-state index contributed by atoms with van der Waals surface area (Å²) in [5.41, 5.74) is 3.57. The smallest absolute Gasteiger partial charge is 0.0607 e. The second kappa shape index (κ2) is 6.48. The fourth-order valence-corrected chi connectivity index (χ4v) is 3.59. The van der Waals surface area contributed by atoms with E-state index in [-0.39, 0.29) is 19.3 Å². The van der Waals surface area contributed by atoms with E-state index in [4.69, 9.17) is 0 Å². The summed E-state index contributed by atoms with van der Waals surface area (Å²) in [7, 11) is 2.10. The van der Waals surface area contributed by atoms with Crippen LogP contribution in [0.25, 0.3) is 32.6 Å². The Morgan fingerprint density at radius 1 is 0.920 bits per heavy atom. The molecule has 0 aliphatic heterocycles. The van der Waals surface area contributed by atoms with Crippen molar-refractivity contribution in [1.82, 2.24) is 9.88 Å². The number of aliphatic hydroxyl groups is 2. The highest BCUT2D eigenvalue weighted by atomic mass is 16.3. The lowest BCUT2D eigenvalue weighted by Crippen LogP contribution is -2.35. The molecule has 0 saturated carbocycles. The van der Waals surface area contributed by atoms with E-state index in [0.29, 0.717) is 6.54 Å². The highest BCUT2D eigenvalue weighted by molar-refractivity contribution is 6.20. The lowest BCUT2D eigenvalue weighted by Gasteiger charge is -2.13. The molecule has 25 heavy (non-hydrogen) atoms. The molecule has 1 aromatic heterocycles. The van der Waals surface area contributed by atoms with E-state index < -0.39 is 0 Å². The zero-order valence-corrected chi connectivity index (χ0v) is 14.2. The SMILES string of the molecule is Cn1c2ccc(CNC(CO)CO)cc2c2c3ccccc3ccc21. The van der Waals surface area contributed by atoms with Gasteiger partial charge in [-0.1, -0.05) is 36.4 Å². The van der Waals surface area contributed by atoms with Gasteiger partial charge >= 0.3 is 0 Å². The fraction of sp³-hybridized carbons (Fsp3) is 0.238. The molecule has 0 aliphatic carbocycles. The fourth-order valence-electron chi connectivity index (χ4n) is 3.59. The van der Waals surface area contributed by atoms with Crippen LogP contribution in [0.5, 0.6) is 0 Å². The van der Waals surface area contributed by atoms with Gasteiger partial charge in [-0.05, 0) is 34.5 Å². The first-order valence-electron chi connectivity index (χ1n) is 8.57. The van der Waals surface area contributed by atoms with Gasteiger partial charge in [0.25, 0.3) is 0 Å². The van der Waals surface area contributed by atoms with E-state index in [1.54, 1.807) is 0 Å². The van der Waals surface area contributed by atoms with Crippen LogP contribution < -0.4 is 5.32 Å². The normalized spacial score (nSPS) is 12.0. The van der Waals surface area contributed by atoms with Gasteiger partial charge in [0.2, 0.25) is 0 Å². The Hall–Kier alpha value is -2.40. The predicted molar refractivity (Wildman–Crippen MR) is 103 cm³/mol. The number of nitrogens with one attached hydrogen (secondary N) is 1. The Morgan fingerprint density at radius 2 is 1.68 bits per heavy atom. The summed E-state index contributed by atoms with van der Waals surface area (Å²) in [6, 6.07) is 19.0. The minimum atomic E-state index is -0.288. The zero-order valence-electron chi connectivity index (χ0n) is 14.2. The van der Waals surface area contributed by atoms with Crippen LogP contribution in [0, 0.1) is 0 Å². The third kappa shape index (κ3) is 2.68. The minimum absolute atomic E-state index is 0.0718. The Bertz CT molecular complexity index is 1050. The van der Waals surface area contributed by atoms with Crippen LogP contribution in [0.4, 0.5) is 0 Å². The predicted octanol–water partition coefficient (Wildman–Crippen LogP) is 2.93. The Morgan fingerprint density at radius 3 is 2.48 bits per heavy atom. The number of aliphatic hydroxyl groups excluding tert-OH is 2. The van der Waals surface area contributed by atoms with Gasteiger partial charge in [-0.3, -0.25) is 0 Å². The summed E-state index contributed by atoms with van der Waals surface area (Å²) in [4.78, 5) is 0. The van der Waals surface area contributed by atoms with Gasteiger partial charge in [0.15, 0.2) is 0 Å². The van der Waals surface area contributed by atoms with Crippen LogP contribution in [-0.4, -0.2) is 34.0 Å². The minimum Gasteiger partial charge on any atom is -0.395 e. The molecule has 0 atom stereocenters. The summed E-state index contributed by atoms with van der Waals surface area (Å²) >= 11 is 0. The van der Waals surface area contributed by atoms with E-state index in [1.165, 1.54) is 32.6 Å². The maximum Gasteiger partial charge on any atom is 0.0607 e. The second-order valence-electron chi connectivity index (χ2n) is 6.53. The topological polar surface area (TPSA) is 57.4 Å². The molecule has 0 unspecified atom stereocenters. The van der Waals surface area contributed by atoms with E-state index in [2.05, 4.69) is 71.5 Å². The largest absolute Gasteiger partial charge is 0.395 e. The van der Waals surface area contributed by atoms with E-state index in [9.17, 15) is 10.2 Å². The number of benzene rings is 3. The van der Waals surface area contributed by atoms with Crippen LogP contribution >= 0.6 is 0 Å². The molecule has 0 aliphatic rings. The van der Waals surface area contributed by atoms with Crippen molar-refractivity contribution in [2.75, 3.05) is 13.2 Å². The van der Waals surface area contributed by atoms with Crippen molar-refractivity contribution in [3.8, 4) is 0 Å². The van der Waals surface area contributed by atoms with Gasteiger partial charge in [-0.2, -0.15) is 0 Å². The average Bonchev–Trinajstić information content (AvgIpc) is 2.95. The van der Waals surface area contributed by atoms with Crippen LogP contribution in [0.15, 0.2) is 54.6 Å². The highest BCUT2D eigenvalue weighted by Gasteiger charge is 2.12. The van der Waals surface area contributed by atoms with E-state index in [1.807, 2.05) is 0 Å². The Balaban J connectivity index is 1.88. The van der Waals surface area contributed by atoms with Gasteiger partial charge in [0, 0.05) is 35.4 Å². The zero-order chi connectivity index (χ0) is 17.4. The van der Waals surface area contributed by atoms with Crippen molar-refractivity contribution >= 4 is 32.6 Å². The lowest BCUT2D eigenvalue weighted by molar-refractivity contribution is 0.170. The standard InChI is InChI=1S/C21H22N2O2/c1-23-19-8-6-14(11-22-16(12-24)13-25)10-18(19)21-17-5-3-2-4-15(17)7-9-20(21)23/h2-10,16,22,24-25H,11-13H2,1H3. The summed E-state index contributed by atoms with van der Waals surface area (Å²) < 4.78 is 2.23. The molecule has 0 radical (unpaired) electrons. The molecule has 3 N–H and O–H groups in total. The molecule has 0 saturated heterocycles. The molecule has 4 aromatic rings. The third-order valence-electron chi connectivity index (χ3n) is 5.00. The molecule has 4 nitrogen and oxygen atoms in total. The average molecular weight is 334 g/mol. The number of rotatable bonds is 5. The first-order valence-corrected chi connectivity index (χ1v) is 8.57. The van der Waals surface area contributed by atoms with Crippen LogP contribution in [0.2, 0.25) is 0 Å². The molecule has 3 aromatic carbocycles. The first-order chi connectivity index (χ1) is 12.2. The number of hydrogen-bond acceptors (Lipinski definition) is 3. The molecular weight excluding hydrogens is 312 g/mol. The monoisotopic (exact) mass is 334 g/mol. The molecule has 0 amide bonds. The van der Waals surface area contributed by atoms with Gasteiger partial charge < -0.3 is 20.1 Å². The van der Waals surface area contributed by atoms with Crippen LogP contribution in [0.1, 0.15) is 5.56 Å². The van der Waals surface area contributed by atoms with Gasteiger partial charge in [-0.25, -0.2) is 0 Å². The third-order valence-corrected chi connectivity index (χ3v) is 5.00. The maximum absolute atomic E-state index is 9.21. The molecule has 0 fully saturated rings. The quantitative estimate of drug-likeness (QED) is 0.526. The molecule has 4 heteroatoms. The summed E-state index contributed by atoms with van der Waals surface area (Å²) in [5.74, 6) is 0. The first kappa shape index (κ1) is 16.1. The maximum atomic E-state index is 9.21. The van der Waals surface area contributed by atoms with Crippen molar-refractivity contribution in [2.24, 2.45) is 7.05 Å². The number of nitrogens with zero attached hydrogens (tertiary/aromatic N) is 1. The van der Waals surface area contributed by atoms with Gasteiger partial charge in [0.1, 0.15) is 0 Å². The number of hydrogen-bond donors (Lipinski definition) is 3. The summed E-state index contributed by atoms with van der Waals surface area (Å²) in [6.07, 6.45) is 0. The van der Waals surface area contributed by atoms with Crippen LogP contribution in [-0.2, 0) is 13.6 Å². The highest BCUT2D eigenvalue weighted by Crippen LogP contribution is 2.34. The van der Waals surface area contributed by atoms with Crippen molar-refractivity contribution in [3.63, 3.8) is 0 Å².